The van der Waals surface area contributed by atoms with Crippen LogP contribution in [0, 0.1) is 47.5 Å². The second kappa shape index (κ2) is 12.7. The molecule has 0 N–H and O–H groups in total. The molecule has 0 radical (unpaired) electrons. The summed E-state index contributed by atoms with van der Waals surface area (Å²) in [4.78, 5) is 0. The molecule has 0 bridgehead atoms. The van der Waals surface area contributed by atoms with E-state index in [2.05, 4.69) is 137 Å². The Bertz CT molecular complexity index is 1180. The van der Waals surface area contributed by atoms with E-state index in [9.17, 15) is 0 Å². The first kappa shape index (κ1) is 33.8. The van der Waals surface area contributed by atoms with Crippen molar-refractivity contribution in [3.63, 3.8) is 0 Å². The monoisotopic (exact) mass is 586 g/mol. The molecule has 0 amide bonds. The van der Waals surface area contributed by atoms with Gasteiger partial charge in [0.25, 0.3) is 0 Å². The summed E-state index contributed by atoms with van der Waals surface area (Å²) in [6, 6.07) is 21.5. The van der Waals surface area contributed by atoms with E-state index in [0.717, 1.165) is 0 Å². The van der Waals surface area contributed by atoms with Gasteiger partial charge in [0, 0.05) is 0 Å². The summed E-state index contributed by atoms with van der Waals surface area (Å²) in [7, 11) is 0. The van der Waals surface area contributed by atoms with Gasteiger partial charge < -0.3 is 37.2 Å². The van der Waals surface area contributed by atoms with E-state index in [1.165, 1.54) is 70.7 Å². The molecule has 0 nitrogen and oxygen atoms in total. The number of hydrogen-bond acceptors (Lipinski definition) is 0. The Morgan fingerprint density at radius 3 is 0.973 bits per heavy atom. The molecular formula is C33H37Cl3Ti. The fourth-order valence-corrected chi connectivity index (χ4v) is 6.86. The van der Waals surface area contributed by atoms with E-state index < -0.39 is 0 Å². The average Bonchev–Trinajstić information content (AvgIpc) is 2.91. The van der Waals surface area contributed by atoms with Crippen LogP contribution in [0.1, 0.15) is 70.8 Å². The zero-order valence-corrected chi connectivity index (χ0v) is 27.2. The van der Waals surface area contributed by atoms with Crippen LogP contribution in [0.2, 0.25) is 0 Å². The van der Waals surface area contributed by atoms with Crippen LogP contribution in [0.25, 0.3) is 0 Å². The van der Waals surface area contributed by atoms with Gasteiger partial charge in [0.15, 0.2) is 0 Å². The van der Waals surface area contributed by atoms with E-state index in [4.69, 9.17) is 0 Å². The second-order valence-electron chi connectivity index (χ2n) is 10.7. The first-order valence-electron chi connectivity index (χ1n) is 12.4. The predicted molar refractivity (Wildman–Crippen MR) is 142 cm³/mol. The van der Waals surface area contributed by atoms with Crippen LogP contribution < -0.4 is 37.2 Å². The molecule has 1 aliphatic carbocycles. The summed E-state index contributed by atoms with van der Waals surface area (Å²) in [6.07, 6.45) is 0. The van der Waals surface area contributed by atoms with Crippen LogP contribution >= 0.6 is 0 Å². The van der Waals surface area contributed by atoms with Gasteiger partial charge in [-0.1, -0.05) is 0 Å². The second-order valence-corrected chi connectivity index (χ2v) is 11.5. The molecule has 0 saturated carbocycles. The number of halogens is 3. The number of allylic oxidation sites excluding steroid dienone is 4. The molecule has 0 spiro atoms. The SMILES string of the molecule is CC1=[C]([Ti+3])C(C)C(C(c2cc(C)cc(C)c2)(c2cc(C)cc(C)c2)c2cc(C)cc(C)c2)=C1C.[Cl-].[Cl-].[Cl-]. The average molecular weight is 588 g/mol. The molecule has 3 aromatic rings. The van der Waals surface area contributed by atoms with Crippen LogP contribution in [-0.2, 0) is 25.9 Å². The van der Waals surface area contributed by atoms with Gasteiger partial charge in [0.1, 0.15) is 0 Å². The van der Waals surface area contributed by atoms with Crippen molar-refractivity contribution in [1.29, 1.82) is 0 Å². The minimum absolute atomic E-state index is 0. The largest absolute Gasteiger partial charge is 1.00 e. The Morgan fingerprint density at radius 1 is 0.486 bits per heavy atom. The molecule has 3 aromatic carbocycles. The van der Waals surface area contributed by atoms with Gasteiger partial charge in [0.2, 0.25) is 0 Å². The van der Waals surface area contributed by atoms with Crippen molar-refractivity contribution in [3.05, 3.63) is 125 Å². The topological polar surface area (TPSA) is 0 Å². The number of rotatable bonds is 4. The maximum Gasteiger partial charge on any atom is -1.00 e. The van der Waals surface area contributed by atoms with Crippen molar-refractivity contribution in [2.45, 2.75) is 67.7 Å². The molecule has 1 aliphatic rings. The van der Waals surface area contributed by atoms with E-state index in [0.29, 0.717) is 5.92 Å². The smallest absolute Gasteiger partial charge is 1.00 e. The molecule has 0 fully saturated rings. The molecule has 0 aromatic heterocycles. The Balaban J connectivity index is 0.00000228. The summed E-state index contributed by atoms with van der Waals surface area (Å²) in [5.74, 6) is 0.377. The van der Waals surface area contributed by atoms with Crippen molar-refractivity contribution in [2.24, 2.45) is 5.92 Å². The molecule has 1 unspecified atom stereocenters. The van der Waals surface area contributed by atoms with Crippen LogP contribution in [0.3, 0.4) is 0 Å². The Kier molecular flexibility index (Phi) is 11.6. The quantitative estimate of drug-likeness (QED) is 0.290. The standard InChI is InChI=1S/C33H37.3ClH.Ti/c1-20-10-21(2)14-29(13-20)33(30-15-22(3)11-23(4)16-30,31-17-24(5)12-25(6)18-31)32-27(8)19-26(7)28(32)9;;;;/h10-18,27H,1-9H3;3*1H;/q;;;;+3/p-3. The van der Waals surface area contributed by atoms with Gasteiger partial charge >= 0.3 is 219 Å². The number of aryl methyl sites for hydroxylation is 6. The van der Waals surface area contributed by atoms with Gasteiger partial charge in [-0.2, -0.15) is 0 Å². The van der Waals surface area contributed by atoms with Crippen LogP contribution in [0.15, 0.2) is 75.2 Å². The Labute approximate surface area is 255 Å². The van der Waals surface area contributed by atoms with Crippen molar-refractivity contribution in [3.8, 4) is 0 Å². The molecule has 4 rings (SSSR count). The van der Waals surface area contributed by atoms with E-state index >= 15 is 0 Å². The van der Waals surface area contributed by atoms with Crippen LogP contribution in [-0.4, -0.2) is 0 Å². The van der Waals surface area contributed by atoms with E-state index in [1.807, 2.05) is 0 Å². The summed E-state index contributed by atoms with van der Waals surface area (Å²) < 4.78 is 1.50. The van der Waals surface area contributed by atoms with Gasteiger partial charge in [0.05, 0.1) is 0 Å². The molecular weight excluding hydrogens is 551 g/mol. The summed E-state index contributed by atoms with van der Waals surface area (Å²) in [5, 5.41) is 0. The van der Waals surface area contributed by atoms with Gasteiger partial charge in [-0.15, -0.1) is 0 Å². The third kappa shape index (κ3) is 6.00. The normalized spacial score (nSPS) is 15.3. The van der Waals surface area contributed by atoms with Gasteiger partial charge in [-0.05, 0) is 0 Å². The molecule has 1 atom stereocenters. The maximum absolute atomic E-state index is 2.43. The van der Waals surface area contributed by atoms with Crippen molar-refractivity contribution >= 4 is 0 Å². The van der Waals surface area contributed by atoms with Crippen molar-refractivity contribution < 1.29 is 57.7 Å². The van der Waals surface area contributed by atoms with Crippen molar-refractivity contribution in [2.75, 3.05) is 0 Å². The molecule has 37 heavy (non-hydrogen) atoms. The first-order valence-corrected chi connectivity index (χ1v) is 13.1. The van der Waals surface area contributed by atoms with E-state index in [-0.39, 0.29) is 42.6 Å². The Morgan fingerprint density at radius 2 is 0.757 bits per heavy atom. The molecule has 4 heteroatoms. The zero-order valence-electron chi connectivity index (χ0n) is 23.4. The molecule has 0 heterocycles. The zero-order chi connectivity index (χ0) is 24.9. The minimum Gasteiger partial charge on any atom is -1.00 e. The van der Waals surface area contributed by atoms with Gasteiger partial charge in [-0.25, -0.2) is 0 Å². The predicted octanol–water partition coefficient (Wildman–Crippen LogP) is -0.329. The van der Waals surface area contributed by atoms with E-state index in [1.54, 1.807) is 0 Å². The summed E-state index contributed by atoms with van der Waals surface area (Å²) in [6.45, 7) is 20.5. The Hall–Kier alpha value is -1.28. The maximum atomic E-state index is 2.43. The first-order chi connectivity index (χ1) is 15.9. The third-order valence-electron chi connectivity index (χ3n) is 7.60. The molecule has 194 valence electrons. The summed E-state index contributed by atoms with van der Waals surface area (Å²) in [5.41, 5.74) is 16.1. The van der Waals surface area contributed by atoms with Gasteiger partial charge in [-0.3, -0.25) is 0 Å². The third-order valence-corrected chi connectivity index (χ3v) is 8.87. The number of benzene rings is 3. The number of hydrogen-bond donors (Lipinski definition) is 0. The molecule has 0 saturated heterocycles. The molecule has 0 aliphatic heterocycles. The van der Waals surface area contributed by atoms with Crippen LogP contribution in [0.5, 0.6) is 0 Å². The van der Waals surface area contributed by atoms with Crippen molar-refractivity contribution in [1.82, 2.24) is 0 Å². The minimum atomic E-state index is -0.354. The fraction of sp³-hybridized carbons (Fsp3) is 0.333. The van der Waals surface area contributed by atoms with Crippen LogP contribution in [0.4, 0.5) is 0 Å². The summed E-state index contributed by atoms with van der Waals surface area (Å²) >= 11 is 2.33. The fourth-order valence-electron chi connectivity index (χ4n) is 6.34.